The molecule has 3 fully saturated rings. The molecule has 0 radical (unpaired) electrons. The van der Waals surface area contributed by atoms with Crippen LogP contribution >= 0.6 is 0 Å². The van der Waals surface area contributed by atoms with Crippen molar-refractivity contribution < 1.29 is 14.7 Å². The molecule has 2 aliphatic heterocycles. The van der Waals surface area contributed by atoms with Crippen LogP contribution in [-0.2, 0) is 11.2 Å². The molecule has 6 rings (SSSR count). The molecule has 0 spiro atoms. The molecule has 2 aromatic rings. The van der Waals surface area contributed by atoms with Crippen LogP contribution in [0.15, 0.2) is 36.7 Å². The molecule has 3 heterocycles. The van der Waals surface area contributed by atoms with Gasteiger partial charge in [0.15, 0.2) is 0 Å². The van der Waals surface area contributed by atoms with Crippen LogP contribution in [-0.4, -0.2) is 74.2 Å². The monoisotopic (exact) mass is 547 g/mol. The van der Waals surface area contributed by atoms with Crippen molar-refractivity contribution in [2.24, 2.45) is 0 Å². The molecule has 1 saturated heterocycles. The number of aliphatic hydroxyl groups is 1. The van der Waals surface area contributed by atoms with Crippen LogP contribution in [0.1, 0.15) is 111 Å². The molecule has 4 aliphatic rings. The van der Waals surface area contributed by atoms with Crippen molar-refractivity contribution in [2.45, 2.75) is 108 Å². The van der Waals surface area contributed by atoms with E-state index in [1.54, 1.807) is 4.90 Å². The first-order chi connectivity index (χ1) is 19.5. The zero-order valence-corrected chi connectivity index (χ0v) is 23.8. The average molecular weight is 548 g/mol. The maximum atomic E-state index is 13.4. The van der Waals surface area contributed by atoms with E-state index in [0.29, 0.717) is 50.6 Å². The molecule has 8 nitrogen and oxygen atoms in total. The van der Waals surface area contributed by atoms with Gasteiger partial charge in [-0.3, -0.25) is 9.59 Å². The van der Waals surface area contributed by atoms with E-state index >= 15 is 0 Å². The van der Waals surface area contributed by atoms with Crippen LogP contribution in [0.5, 0.6) is 0 Å². The third kappa shape index (κ3) is 5.52. The number of aromatic nitrogens is 2. The van der Waals surface area contributed by atoms with E-state index < -0.39 is 5.60 Å². The smallest absolute Gasteiger partial charge is 0.254 e. The van der Waals surface area contributed by atoms with Crippen molar-refractivity contribution in [2.75, 3.05) is 31.2 Å². The van der Waals surface area contributed by atoms with E-state index in [9.17, 15) is 14.7 Å². The Kier molecular flexibility index (Phi) is 8.15. The summed E-state index contributed by atoms with van der Waals surface area (Å²) in [6.07, 6.45) is 19.8. The highest BCUT2D eigenvalue weighted by Crippen LogP contribution is 2.35. The van der Waals surface area contributed by atoms with E-state index in [1.165, 1.54) is 63.4 Å². The normalized spacial score (nSPS) is 24.2. The minimum Gasteiger partial charge on any atom is -0.380 e. The number of fused-ring (bicyclic) bond motifs is 1. The Morgan fingerprint density at radius 3 is 2.05 bits per heavy atom. The molecule has 1 atom stereocenters. The molecule has 1 aromatic heterocycles. The predicted octanol–water partition coefficient (Wildman–Crippen LogP) is 4.60. The van der Waals surface area contributed by atoms with Gasteiger partial charge in [-0.1, -0.05) is 57.1 Å². The van der Waals surface area contributed by atoms with Crippen LogP contribution < -0.4 is 5.01 Å². The van der Waals surface area contributed by atoms with Crippen LogP contribution in [0, 0.1) is 0 Å². The molecular weight excluding hydrogens is 502 g/mol. The van der Waals surface area contributed by atoms with Gasteiger partial charge in [-0.05, 0) is 56.2 Å². The molecule has 2 amide bonds. The first kappa shape index (κ1) is 27.3. The number of benzene rings is 1. The van der Waals surface area contributed by atoms with Gasteiger partial charge >= 0.3 is 0 Å². The summed E-state index contributed by atoms with van der Waals surface area (Å²) < 4.78 is 2.32. The van der Waals surface area contributed by atoms with Gasteiger partial charge in [0.25, 0.3) is 11.8 Å². The van der Waals surface area contributed by atoms with E-state index in [-0.39, 0.29) is 17.9 Å². The van der Waals surface area contributed by atoms with Crippen molar-refractivity contribution in [1.29, 1.82) is 0 Å². The Morgan fingerprint density at radius 2 is 1.43 bits per heavy atom. The lowest BCUT2D eigenvalue weighted by Crippen LogP contribution is -2.58. The number of aryl methyl sites for hydroxylation is 1. The quantitative estimate of drug-likeness (QED) is 0.605. The van der Waals surface area contributed by atoms with Crippen molar-refractivity contribution in [3.63, 3.8) is 0 Å². The molecule has 2 saturated carbocycles. The fraction of sp³-hybridized carbons (Fsp3) is 0.656. The topological polar surface area (TPSA) is 81.9 Å². The number of hydrogen-bond donors (Lipinski definition) is 1. The number of carbonyl (C=O) groups is 2. The molecule has 8 heteroatoms. The van der Waals surface area contributed by atoms with Gasteiger partial charge in [0, 0.05) is 56.6 Å². The SMILES string of the molecule is O=C(c1ccc(C2CCc3nccn3N2C2CCCCCCCCC2)cc1)N1CCN(C(=O)C2(O)CCC2)CC1. The summed E-state index contributed by atoms with van der Waals surface area (Å²) in [4.78, 5) is 34.3. The number of hydrogen-bond acceptors (Lipinski definition) is 5. The second-order valence-corrected chi connectivity index (χ2v) is 12.4. The number of rotatable bonds is 4. The maximum Gasteiger partial charge on any atom is 0.254 e. The zero-order valence-electron chi connectivity index (χ0n) is 23.8. The molecule has 0 bridgehead atoms. The average Bonchev–Trinajstić information content (AvgIpc) is 3.47. The van der Waals surface area contributed by atoms with Gasteiger partial charge in [-0.15, -0.1) is 0 Å². The molecule has 216 valence electrons. The number of imidazole rings is 1. The Bertz CT molecular complexity index is 1160. The summed E-state index contributed by atoms with van der Waals surface area (Å²) in [6.45, 7) is 1.97. The molecule has 1 aromatic carbocycles. The minimum atomic E-state index is -1.17. The first-order valence-corrected chi connectivity index (χ1v) is 15.8. The zero-order chi connectivity index (χ0) is 27.5. The molecular formula is C32H45N5O3. The summed E-state index contributed by atoms with van der Waals surface area (Å²) >= 11 is 0. The highest BCUT2D eigenvalue weighted by molar-refractivity contribution is 5.94. The number of nitrogens with zero attached hydrogens (tertiary/aromatic N) is 5. The summed E-state index contributed by atoms with van der Waals surface area (Å²) in [5, 5.41) is 13.0. The predicted molar refractivity (Wildman–Crippen MR) is 155 cm³/mol. The fourth-order valence-electron chi connectivity index (χ4n) is 7.23. The Labute approximate surface area is 238 Å². The molecule has 40 heavy (non-hydrogen) atoms. The van der Waals surface area contributed by atoms with Crippen LogP contribution in [0.3, 0.4) is 0 Å². The summed E-state index contributed by atoms with van der Waals surface area (Å²) in [6, 6.07) is 9.04. The third-order valence-electron chi connectivity index (χ3n) is 9.83. The minimum absolute atomic E-state index is 0.0192. The van der Waals surface area contributed by atoms with Crippen molar-refractivity contribution in [1.82, 2.24) is 19.5 Å². The van der Waals surface area contributed by atoms with Crippen LogP contribution in [0.25, 0.3) is 0 Å². The third-order valence-corrected chi connectivity index (χ3v) is 9.83. The van der Waals surface area contributed by atoms with Gasteiger partial charge in [0.1, 0.15) is 11.4 Å². The lowest BCUT2D eigenvalue weighted by Gasteiger charge is -2.44. The van der Waals surface area contributed by atoms with Gasteiger partial charge in [0.2, 0.25) is 0 Å². The fourth-order valence-corrected chi connectivity index (χ4v) is 7.23. The number of amides is 2. The van der Waals surface area contributed by atoms with E-state index in [0.717, 1.165) is 25.1 Å². The molecule has 1 N–H and O–H groups in total. The number of piperazine rings is 1. The highest BCUT2D eigenvalue weighted by atomic mass is 16.3. The number of carbonyl (C=O) groups excluding carboxylic acids is 2. The molecule has 1 unspecified atom stereocenters. The first-order valence-electron chi connectivity index (χ1n) is 15.8. The van der Waals surface area contributed by atoms with E-state index in [1.807, 2.05) is 23.2 Å². The lowest BCUT2D eigenvalue weighted by atomic mass is 9.79. The van der Waals surface area contributed by atoms with Crippen LogP contribution in [0.2, 0.25) is 0 Å². The van der Waals surface area contributed by atoms with Crippen molar-refractivity contribution in [3.8, 4) is 0 Å². The second kappa shape index (κ2) is 11.9. The lowest BCUT2D eigenvalue weighted by molar-refractivity contribution is -0.161. The van der Waals surface area contributed by atoms with Gasteiger partial charge in [0.05, 0.1) is 6.04 Å². The summed E-state index contributed by atoms with van der Waals surface area (Å²) in [7, 11) is 0. The van der Waals surface area contributed by atoms with Crippen molar-refractivity contribution in [3.05, 3.63) is 53.6 Å². The van der Waals surface area contributed by atoms with Gasteiger partial charge < -0.3 is 19.9 Å². The van der Waals surface area contributed by atoms with Gasteiger partial charge in [-0.25, -0.2) is 9.66 Å². The van der Waals surface area contributed by atoms with Crippen molar-refractivity contribution >= 4 is 11.8 Å². The van der Waals surface area contributed by atoms with Gasteiger partial charge in [-0.2, -0.15) is 0 Å². The summed E-state index contributed by atoms with van der Waals surface area (Å²) in [5.74, 6) is 1.01. The molecule has 2 aliphatic carbocycles. The van der Waals surface area contributed by atoms with E-state index in [2.05, 4.69) is 33.0 Å². The summed E-state index contributed by atoms with van der Waals surface area (Å²) in [5.41, 5.74) is 0.795. The Balaban J connectivity index is 1.14. The maximum absolute atomic E-state index is 13.4. The largest absolute Gasteiger partial charge is 0.380 e. The van der Waals surface area contributed by atoms with E-state index in [4.69, 9.17) is 0 Å². The standard InChI is InChI=1S/C32H45N5O3/c38-30(34-21-23-35(24-22-34)31(39)32(40)17-8-18-32)26-13-11-25(12-14-26)28-15-16-29-33-19-20-36(29)37(28)27-9-6-4-2-1-3-5-7-10-27/h11-14,19-20,27-28,40H,1-10,15-18,21-24H2. The highest BCUT2D eigenvalue weighted by Gasteiger charge is 2.45. The van der Waals surface area contributed by atoms with Crippen LogP contribution in [0.4, 0.5) is 0 Å². The second-order valence-electron chi connectivity index (χ2n) is 12.4. The Hall–Kier alpha value is -2.87. The Morgan fingerprint density at radius 1 is 0.800 bits per heavy atom.